The largest absolute Gasteiger partial charge is 0.453 e. The van der Waals surface area contributed by atoms with E-state index in [2.05, 4.69) is 14.8 Å². The molecule has 1 aromatic carbocycles. The number of anilines is 1. The second-order valence-corrected chi connectivity index (χ2v) is 6.66. The van der Waals surface area contributed by atoms with Gasteiger partial charge in [0.25, 0.3) is 0 Å². The topological polar surface area (TPSA) is 114 Å². The standard InChI is InChI=1S/C13H20N2O6S/c1-13(17,9-20-2)8-14-22(18,19)11-6-4-10(5-7-11)15-12(16)21-3/h4-7,14,17H,8-9H2,1-3H3,(H,15,16)/t13-/m1/s1. The lowest BCUT2D eigenvalue weighted by atomic mass is 10.1. The molecule has 0 aliphatic carbocycles. The Morgan fingerprint density at radius 2 is 1.86 bits per heavy atom. The van der Waals surface area contributed by atoms with E-state index < -0.39 is 21.7 Å². The predicted octanol–water partition coefficient (Wildman–Crippen LogP) is 0.541. The Kier molecular flexibility index (Phi) is 6.30. The first kappa shape index (κ1) is 18.4. The van der Waals surface area contributed by atoms with Gasteiger partial charge in [-0.2, -0.15) is 0 Å². The summed E-state index contributed by atoms with van der Waals surface area (Å²) in [5.41, 5.74) is -0.911. The summed E-state index contributed by atoms with van der Waals surface area (Å²) in [4.78, 5) is 11.0. The summed E-state index contributed by atoms with van der Waals surface area (Å²) in [7, 11) is -1.13. The monoisotopic (exact) mass is 332 g/mol. The number of rotatable bonds is 7. The first-order chi connectivity index (χ1) is 10.2. The summed E-state index contributed by atoms with van der Waals surface area (Å²) in [6, 6.07) is 5.52. The number of carbonyl (C=O) groups excluding carboxylic acids is 1. The van der Waals surface area contributed by atoms with Gasteiger partial charge in [-0.05, 0) is 31.2 Å². The molecule has 9 heteroatoms. The Balaban J connectivity index is 2.75. The van der Waals surface area contributed by atoms with E-state index >= 15 is 0 Å². The van der Waals surface area contributed by atoms with Crippen LogP contribution in [0.1, 0.15) is 6.92 Å². The molecule has 0 heterocycles. The molecule has 0 radical (unpaired) electrons. The molecule has 1 amide bonds. The highest BCUT2D eigenvalue weighted by Crippen LogP contribution is 2.15. The van der Waals surface area contributed by atoms with Crippen LogP contribution in [0.2, 0.25) is 0 Å². The molecule has 0 aromatic heterocycles. The van der Waals surface area contributed by atoms with Gasteiger partial charge in [-0.25, -0.2) is 17.9 Å². The lowest BCUT2D eigenvalue weighted by molar-refractivity contribution is -0.0119. The van der Waals surface area contributed by atoms with Crippen molar-refractivity contribution in [3.63, 3.8) is 0 Å². The molecule has 0 saturated heterocycles. The lowest BCUT2D eigenvalue weighted by Gasteiger charge is -2.22. The van der Waals surface area contributed by atoms with Crippen LogP contribution in [0.4, 0.5) is 10.5 Å². The van der Waals surface area contributed by atoms with Crippen molar-refractivity contribution in [2.75, 3.05) is 32.7 Å². The minimum absolute atomic E-state index is 0.00247. The summed E-state index contributed by atoms with van der Waals surface area (Å²) < 4.78 is 35.7. The van der Waals surface area contributed by atoms with E-state index in [0.29, 0.717) is 5.69 Å². The fraction of sp³-hybridized carbons (Fsp3) is 0.462. The molecule has 0 bridgehead atoms. The van der Waals surface area contributed by atoms with Gasteiger partial charge in [-0.1, -0.05) is 0 Å². The highest BCUT2D eigenvalue weighted by atomic mass is 32.2. The average Bonchev–Trinajstić information content (AvgIpc) is 2.46. The maximum atomic E-state index is 12.1. The van der Waals surface area contributed by atoms with Gasteiger partial charge in [-0.15, -0.1) is 0 Å². The fourth-order valence-electron chi connectivity index (χ4n) is 1.58. The van der Waals surface area contributed by atoms with Crippen molar-refractivity contribution in [1.29, 1.82) is 0 Å². The summed E-state index contributed by atoms with van der Waals surface area (Å²) in [5, 5.41) is 12.3. The molecule has 0 aliphatic rings. The van der Waals surface area contributed by atoms with Crippen LogP contribution < -0.4 is 10.0 Å². The molecular weight excluding hydrogens is 312 g/mol. The SMILES string of the molecule is COC[C@](C)(O)CNS(=O)(=O)c1ccc(NC(=O)OC)cc1. The smallest absolute Gasteiger partial charge is 0.411 e. The minimum Gasteiger partial charge on any atom is -0.453 e. The zero-order valence-electron chi connectivity index (χ0n) is 12.6. The molecule has 1 rings (SSSR count). The summed E-state index contributed by atoms with van der Waals surface area (Å²) in [5.74, 6) is 0. The highest BCUT2D eigenvalue weighted by Gasteiger charge is 2.24. The third kappa shape index (κ3) is 5.60. The van der Waals surface area contributed by atoms with E-state index in [1.54, 1.807) is 0 Å². The van der Waals surface area contributed by atoms with Crippen LogP contribution in [0.15, 0.2) is 29.2 Å². The van der Waals surface area contributed by atoms with Gasteiger partial charge in [0.15, 0.2) is 0 Å². The van der Waals surface area contributed by atoms with Crippen molar-refractivity contribution in [2.45, 2.75) is 17.4 Å². The van der Waals surface area contributed by atoms with Gasteiger partial charge in [0.05, 0.1) is 24.2 Å². The minimum atomic E-state index is -3.77. The normalized spacial score (nSPS) is 14.2. The van der Waals surface area contributed by atoms with Gasteiger partial charge in [-0.3, -0.25) is 5.32 Å². The number of methoxy groups -OCH3 is 2. The van der Waals surface area contributed by atoms with Gasteiger partial charge in [0.2, 0.25) is 10.0 Å². The van der Waals surface area contributed by atoms with Crippen molar-refractivity contribution in [3.8, 4) is 0 Å². The zero-order valence-corrected chi connectivity index (χ0v) is 13.4. The average molecular weight is 332 g/mol. The maximum absolute atomic E-state index is 12.1. The van der Waals surface area contributed by atoms with Gasteiger partial charge in [0.1, 0.15) is 0 Å². The molecular formula is C13H20N2O6S. The quantitative estimate of drug-likeness (QED) is 0.671. The van der Waals surface area contributed by atoms with Crippen molar-refractivity contribution >= 4 is 21.8 Å². The molecule has 1 aromatic rings. The van der Waals surface area contributed by atoms with Crippen molar-refractivity contribution < 1.29 is 27.8 Å². The van der Waals surface area contributed by atoms with Gasteiger partial charge < -0.3 is 14.6 Å². The van der Waals surface area contributed by atoms with E-state index in [4.69, 9.17) is 4.74 Å². The van der Waals surface area contributed by atoms with E-state index in [0.717, 1.165) is 0 Å². The Hall–Kier alpha value is -1.68. The third-order valence-electron chi connectivity index (χ3n) is 2.69. The van der Waals surface area contributed by atoms with E-state index in [1.807, 2.05) is 0 Å². The second kappa shape index (κ2) is 7.54. The predicted molar refractivity (Wildman–Crippen MR) is 80.2 cm³/mol. The van der Waals surface area contributed by atoms with E-state index in [-0.39, 0.29) is 18.0 Å². The molecule has 22 heavy (non-hydrogen) atoms. The number of nitrogens with one attached hydrogen (secondary N) is 2. The number of carbonyl (C=O) groups is 1. The molecule has 0 aliphatic heterocycles. The first-order valence-corrected chi connectivity index (χ1v) is 7.84. The van der Waals surface area contributed by atoms with Crippen LogP contribution in [0.3, 0.4) is 0 Å². The lowest BCUT2D eigenvalue weighted by Crippen LogP contribution is -2.43. The molecule has 8 nitrogen and oxygen atoms in total. The maximum Gasteiger partial charge on any atom is 0.411 e. The summed E-state index contributed by atoms with van der Waals surface area (Å²) in [6.07, 6.45) is -0.649. The molecule has 124 valence electrons. The molecule has 0 saturated carbocycles. The molecule has 1 atom stereocenters. The van der Waals surface area contributed by atoms with Crippen LogP contribution in [0.5, 0.6) is 0 Å². The Labute approximate surface area is 129 Å². The van der Waals surface area contributed by atoms with Gasteiger partial charge in [0, 0.05) is 19.3 Å². The van der Waals surface area contributed by atoms with E-state index in [1.165, 1.54) is 45.4 Å². The highest BCUT2D eigenvalue weighted by molar-refractivity contribution is 7.89. The molecule has 0 unspecified atom stereocenters. The number of benzene rings is 1. The van der Waals surface area contributed by atoms with Crippen molar-refractivity contribution in [2.24, 2.45) is 0 Å². The summed E-state index contributed by atoms with van der Waals surface area (Å²) in [6.45, 7) is 1.27. The zero-order chi connectivity index (χ0) is 16.8. The van der Waals surface area contributed by atoms with Crippen LogP contribution in [0, 0.1) is 0 Å². The van der Waals surface area contributed by atoms with Crippen molar-refractivity contribution in [3.05, 3.63) is 24.3 Å². The summed E-state index contributed by atoms with van der Waals surface area (Å²) >= 11 is 0. The van der Waals surface area contributed by atoms with Crippen LogP contribution in [0.25, 0.3) is 0 Å². The number of hydrogen-bond donors (Lipinski definition) is 3. The van der Waals surface area contributed by atoms with Crippen LogP contribution in [-0.2, 0) is 19.5 Å². The van der Waals surface area contributed by atoms with Crippen LogP contribution in [-0.4, -0.2) is 52.6 Å². The second-order valence-electron chi connectivity index (χ2n) is 4.90. The Morgan fingerprint density at radius 1 is 1.27 bits per heavy atom. The number of aliphatic hydroxyl groups is 1. The number of amides is 1. The fourth-order valence-corrected chi connectivity index (χ4v) is 2.74. The van der Waals surface area contributed by atoms with E-state index in [9.17, 15) is 18.3 Å². The van der Waals surface area contributed by atoms with Gasteiger partial charge >= 0.3 is 6.09 Å². The molecule has 3 N–H and O–H groups in total. The molecule has 0 spiro atoms. The Morgan fingerprint density at radius 3 is 2.36 bits per heavy atom. The third-order valence-corrected chi connectivity index (χ3v) is 4.11. The van der Waals surface area contributed by atoms with Crippen molar-refractivity contribution in [1.82, 2.24) is 4.72 Å². The number of hydrogen-bond acceptors (Lipinski definition) is 6. The molecule has 0 fully saturated rings. The van der Waals surface area contributed by atoms with Crippen LogP contribution >= 0.6 is 0 Å². The number of sulfonamides is 1. The Bertz CT molecular complexity index is 597. The first-order valence-electron chi connectivity index (χ1n) is 6.36. The number of ether oxygens (including phenoxy) is 2.